The van der Waals surface area contributed by atoms with Crippen molar-refractivity contribution in [3.8, 4) is 0 Å². The normalized spacial score (nSPS) is 23.2. The Morgan fingerprint density at radius 2 is 1.79 bits per heavy atom. The molecule has 0 unspecified atom stereocenters. The maximum Gasteiger partial charge on any atom is 0.315 e. The number of ether oxygens (including phenoxy) is 2. The highest BCUT2D eigenvalue weighted by Gasteiger charge is 2.65. The van der Waals surface area contributed by atoms with Crippen molar-refractivity contribution in [2.24, 2.45) is 5.41 Å². The molecule has 6 heteroatoms. The van der Waals surface area contributed by atoms with Crippen molar-refractivity contribution in [3.63, 3.8) is 0 Å². The maximum atomic E-state index is 12.5. The molecule has 82 valence electrons. The Labute approximate surface area is 79.8 Å². The smallest absolute Gasteiger partial charge is 0.315 e. The van der Waals surface area contributed by atoms with E-state index in [9.17, 15) is 13.6 Å². The van der Waals surface area contributed by atoms with E-state index in [2.05, 4.69) is 0 Å². The van der Waals surface area contributed by atoms with Gasteiger partial charge in [0.1, 0.15) is 5.41 Å². The van der Waals surface area contributed by atoms with Gasteiger partial charge in [0.05, 0.1) is 0 Å². The Hall–Kier alpha value is -0.750. The molecule has 0 aromatic heterocycles. The molecule has 1 saturated carbocycles. The van der Waals surface area contributed by atoms with Gasteiger partial charge in [-0.1, -0.05) is 0 Å². The van der Waals surface area contributed by atoms with E-state index in [-0.39, 0.29) is 12.8 Å². The Kier molecular flexibility index (Phi) is 2.78. The van der Waals surface area contributed by atoms with Gasteiger partial charge in [-0.2, -0.15) is 0 Å². The average Bonchev–Trinajstić information content (AvgIpc) is 2.03. The van der Waals surface area contributed by atoms with Crippen molar-refractivity contribution >= 4 is 5.97 Å². The summed E-state index contributed by atoms with van der Waals surface area (Å²) in [7, 11) is 2.61. The van der Waals surface area contributed by atoms with Gasteiger partial charge in [0, 0.05) is 27.1 Å². The van der Waals surface area contributed by atoms with Crippen LogP contribution >= 0.6 is 0 Å². The summed E-state index contributed by atoms with van der Waals surface area (Å²) >= 11 is 0. The van der Waals surface area contributed by atoms with Crippen molar-refractivity contribution in [3.05, 3.63) is 0 Å². The summed E-state index contributed by atoms with van der Waals surface area (Å²) in [5, 5.41) is 8.69. The van der Waals surface area contributed by atoms with E-state index in [4.69, 9.17) is 14.6 Å². The van der Waals surface area contributed by atoms with Gasteiger partial charge in [0.15, 0.2) is 5.79 Å². The lowest BCUT2D eigenvalue weighted by atomic mass is 9.64. The first-order valence-electron chi connectivity index (χ1n) is 4.04. The van der Waals surface area contributed by atoms with Gasteiger partial charge in [0.2, 0.25) is 0 Å². The first kappa shape index (κ1) is 11.3. The van der Waals surface area contributed by atoms with Crippen LogP contribution in [0.25, 0.3) is 0 Å². The number of hydrogen-bond acceptors (Lipinski definition) is 3. The molecule has 0 amide bonds. The van der Waals surface area contributed by atoms with Crippen LogP contribution in [-0.2, 0) is 14.3 Å². The summed E-state index contributed by atoms with van der Waals surface area (Å²) in [6.45, 7) is 0. The third-order valence-electron chi connectivity index (χ3n) is 2.76. The van der Waals surface area contributed by atoms with Gasteiger partial charge >= 0.3 is 5.97 Å². The number of hydrogen-bond donors (Lipinski definition) is 1. The molecule has 14 heavy (non-hydrogen) atoms. The second-order valence-corrected chi connectivity index (χ2v) is 3.43. The van der Waals surface area contributed by atoms with E-state index >= 15 is 0 Å². The molecule has 0 bridgehead atoms. The Morgan fingerprint density at radius 1 is 1.36 bits per heavy atom. The van der Waals surface area contributed by atoms with Gasteiger partial charge in [-0.05, 0) is 0 Å². The molecule has 0 aliphatic heterocycles. The van der Waals surface area contributed by atoms with Gasteiger partial charge in [0.25, 0.3) is 6.43 Å². The summed E-state index contributed by atoms with van der Waals surface area (Å²) < 4.78 is 34.7. The fourth-order valence-corrected chi connectivity index (χ4v) is 1.68. The quantitative estimate of drug-likeness (QED) is 0.706. The third-order valence-corrected chi connectivity index (χ3v) is 2.76. The maximum absolute atomic E-state index is 12.5. The first-order chi connectivity index (χ1) is 6.42. The molecular weight excluding hydrogens is 198 g/mol. The second kappa shape index (κ2) is 3.43. The monoisotopic (exact) mass is 210 g/mol. The molecule has 1 aliphatic carbocycles. The summed E-state index contributed by atoms with van der Waals surface area (Å²) in [4.78, 5) is 10.7. The molecule has 0 atom stereocenters. The molecule has 0 aromatic carbocycles. The molecule has 0 heterocycles. The van der Waals surface area contributed by atoms with Crippen molar-refractivity contribution in [1.82, 2.24) is 0 Å². The number of halogens is 2. The highest BCUT2D eigenvalue weighted by Crippen LogP contribution is 2.54. The SMILES string of the molecule is COC1(OC)CC(C(=O)O)(C(F)F)C1. The lowest BCUT2D eigenvalue weighted by Crippen LogP contribution is -2.61. The molecule has 0 radical (unpaired) electrons. The van der Waals surface area contributed by atoms with E-state index in [0.29, 0.717) is 0 Å². The molecule has 1 fully saturated rings. The number of methoxy groups -OCH3 is 2. The highest BCUT2D eigenvalue weighted by molar-refractivity contribution is 5.77. The minimum absolute atomic E-state index is 0.319. The van der Waals surface area contributed by atoms with Gasteiger partial charge in [-0.25, -0.2) is 8.78 Å². The predicted octanol–water partition coefficient (Wildman–Crippen LogP) is 1.11. The van der Waals surface area contributed by atoms with E-state index in [1.54, 1.807) is 0 Å². The van der Waals surface area contributed by atoms with E-state index < -0.39 is 23.6 Å². The first-order valence-corrected chi connectivity index (χ1v) is 4.04. The van der Waals surface area contributed by atoms with Gasteiger partial charge in [-0.3, -0.25) is 4.79 Å². The van der Waals surface area contributed by atoms with Crippen LogP contribution in [0.15, 0.2) is 0 Å². The van der Waals surface area contributed by atoms with Crippen molar-refractivity contribution in [2.75, 3.05) is 14.2 Å². The van der Waals surface area contributed by atoms with Crippen LogP contribution in [0.3, 0.4) is 0 Å². The van der Waals surface area contributed by atoms with Crippen LogP contribution in [0.4, 0.5) is 8.78 Å². The van der Waals surface area contributed by atoms with Crippen LogP contribution in [-0.4, -0.2) is 37.5 Å². The van der Waals surface area contributed by atoms with Crippen LogP contribution in [0, 0.1) is 5.41 Å². The molecule has 1 aliphatic rings. The zero-order valence-corrected chi connectivity index (χ0v) is 7.92. The molecule has 0 spiro atoms. The number of carboxylic acid groups (broad SMARTS) is 1. The van der Waals surface area contributed by atoms with E-state index in [0.717, 1.165) is 0 Å². The second-order valence-electron chi connectivity index (χ2n) is 3.43. The molecule has 4 nitrogen and oxygen atoms in total. The zero-order valence-electron chi connectivity index (χ0n) is 7.92. The summed E-state index contributed by atoms with van der Waals surface area (Å²) in [5.74, 6) is -2.66. The van der Waals surface area contributed by atoms with Crippen molar-refractivity contribution < 1.29 is 28.2 Å². The molecular formula is C8H12F2O4. The molecule has 1 rings (SSSR count). The summed E-state index contributed by atoms with van der Waals surface area (Å²) in [5.41, 5.74) is -2.01. The largest absolute Gasteiger partial charge is 0.481 e. The minimum atomic E-state index is -2.90. The number of carbonyl (C=O) groups is 1. The van der Waals surface area contributed by atoms with Crippen LogP contribution < -0.4 is 0 Å². The van der Waals surface area contributed by atoms with Crippen LogP contribution in [0.5, 0.6) is 0 Å². The van der Waals surface area contributed by atoms with E-state index in [1.807, 2.05) is 0 Å². The molecule has 0 saturated heterocycles. The number of carboxylic acids is 1. The minimum Gasteiger partial charge on any atom is -0.481 e. The Bertz CT molecular complexity index is 229. The number of alkyl halides is 2. The summed E-state index contributed by atoms with van der Waals surface area (Å²) in [6, 6.07) is 0. The number of rotatable bonds is 4. The Morgan fingerprint density at radius 3 is 2.00 bits per heavy atom. The van der Waals surface area contributed by atoms with Crippen molar-refractivity contribution in [2.45, 2.75) is 25.1 Å². The Balaban J connectivity index is 2.78. The van der Waals surface area contributed by atoms with Crippen molar-refractivity contribution in [1.29, 1.82) is 0 Å². The number of aliphatic carboxylic acids is 1. The topological polar surface area (TPSA) is 55.8 Å². The molecule has 0 aromatic rings. The fourth-order valence-electron chi connectivity index (χ4n) is 1.68. The van der Waals surface area contributed by atoms with Crippen LogP contribution in [0.2, 0.25) is 0 Å². The lowest BCUT2D eigenvalue weighted by molar-refractivity contribution is -0.312. The van der Waals surface area contributed by atoms with Gasteiger partial charge in [-0.15, -0.1) is 0 Å². The third kappa shape index (κ3) is 1.38. The average molecular weight is 210 g/mol. The fraction of sp³-hybridized carbons (Fsp3) is 0.875. The standard InChI is InChI=1S/C8H12F2O4/c1-13-8(14-2)3-7(4-8,5(9)10)6(11)12/h5H,3-4H2,1-2H3,(H,11,12). The van der Waals surface area contributed by atoms with Crippen LogP contribution in [0.1, 0.15) is 12.8 Å². The lowest BCUT2D eigenvalue weighted by Gasteiger charge is -2.50. The van der Waals surface area contributed by atoms with Gasteiger partial charge < -0.3 is 14.6 Å². The zero-order chi connectivity index (χ0) is 11.0. The predicted molar refractivity (Wildman–Crippen MR) is 42.1 cm³/mol. The highest BCUT2D eigenvalue weighted by atomic mass is 19.3. The van der Waals surface area contributed by atoms with E-state index in [1.165, 1.54) is 14.2 Å². The summed E-state index contributed by atoms with van der Waals surface area (Å²) in [6.07, 6.45) is -3.54. The molecule has 1 N–H and O–H groups in total.